The van der Waals surface area contributed by atoms with Crippen LogP contribution in [0.3, 0.4) is 0 Å². The largest absolute Gasteiger partial charge is 0.507 e. The minimum atomic E-state index is -0.0300. The van der Waals surface area contributed by atoms with Crippen molar-refractivity contribution in [3.05, 3.63) is 65.7 Å². The first-order chi connectivity index (χ1) is 13.1. The molecule has 0 unspecified atom stereocenters. The van der Waals surface area contributed by atoms with Crippen molar-refractivity contribution >= 4 is 16.7 Å². The molecule has 132 valence electrons. The van der Waals surface area contributed by atoms with E-state index in [1.807, 2.05) is 49.4 Å². The highest BCUT2D eigenvalue weighted by molar-refractivity contribution is 5.91. The van der Waals surface area contributed by atoms with Crippen LogP contribution in [0.15, 0.2) is 54.6 Å². The molecule has 0 aliphatic rings. The number of nitriles is 1. The third-order valence-electron chi connectivity index (χ3n) is 4.66. The number of aryl methyl sites for hydroxylation is 1. The molecule has 0 radical (unpaired) electrons. The lowest BCUT2D eigenvalue weighted by molar-refractivity contribution is 0.476. The van der Waals surface area contributed by atoms with E-state index in [-0.39, 0.29) is 11.7 Å². The van der Waals surface area contributed by atoms with Crippen LogP contribution in [-0.4, -0.2) is 19.9 Å². The van der Waals surface area contributed by atoms with Gasteiger partial charge in [0.05, 0.1) is 22.9 Å². The maximum absolute atomic E-state index is 10.5. The van der Waals surface area contributed by atoms with Gasteiger partial charge in [-0.15, -0.1) is 10.2 Å². The van der Waals surface area contributed by atoms with Crippen LogP contribution in [0.4, 0.5) is 5.95 Å². The number of aromatic nitrogens is 3. The molecule has 0 atom stereocenters. The average Bonchev–Trinajstić information content (AvgIpc) is 3.08. The van der Waals surface area contributed by atoms with Gasteiger partial charge >= 0.3 is 0 Å². The molecule has 6 nitrogen and oxygen atoms in total. The number of phenolic OH excluding ortho intramolecular Hbond substituents is 1. The maximum Gasteiger partial charge on any atom is 0.226 e. The first-order valence-corrected chi connectivity index (χ1v) is 8.59. The Morgan fingerprint density at radius 1 is 1.11 bits per heavy atom. The number of hydrogen-bond donors (Lipinski definition) is 2. The molecule has 3 aromatic carbocycles. The zero-order valence-corrected chi connectivity index (χ0v) is 14.7. The number of rotatable bonds is 3. The van der Waals surface area contributed by atoms with Gasteiger partial charge in [0, 0.05) is 5.39 Å². The smallest absolute Gasteiger partial charge is 0.226 e. The molecule has 0 aliphatic carbocycles. The van der Waals surface area contributed by atoms with Crippen LogP contribution in [0.2, 0.25) is 0 Å². The van der Waals surface area contributed by atoms with Gasteiger partial charge in [-0.05, 0) is 35.6 Å². The van der Waals surface area contributed by atoms with Crippen LogP contribution in [-0.2, 0) is 6.42 Å². The average molecular weight is 355 g/mol. The fourth-order valence-corrected chi connectivity index (χ4v) is 3.32. The van der Waals surface area contributed by atoms with E-state index in [2.05, 4.69) is 16.3 Å². The van der Waals surface area contributed by atoms with E-state index in [9.17, 15) is 10.4 Å². The van der Waals surface area contributed by atoms with Crippen molar-refractivity contribution in [2.45, 2.75) is 13.3 Å². The zero-order valence-electron chi connectivity index (χ0n) is 14.7. The van der Waals surface area contributed by atoms with E-state index in [1.54, 1.807) is 10.6 Å². The lowest BCUT2D eigenvalue weighted by Gasteiger charge is -2.13. The monoisotopic (exact) mass is 355 g/mol. The van der Waals surface area contributed by atoms with Crippen molar-refractivity contribution in [1.82, 2.24) is 14.8 Å². The Labute approximate surface area is 156 Å². The third-order valence-corrected chi connectivity index (χ3v) is 4.66. The van der Waals surface area contributed by atoms with E-state index in [0.29, 0.717) is 23.4 Å². The normalized spacial score (nSPS) is 10.8. The SMILES string of the molecule is CCc1cc(-c2nnc(N)n2-c2cccc3ccccc23)c(O)cc1C#N. The van der Waals surface area contributed by atoms with Crippen molar-refractivity contribution < 1.29 is 5.11 Å². The molecule has 1 aromatic heterocycles. The standard InChI is InChI=1S/C21H17N5O/c1-2-13-10-17(19(27)11-15(13)12-22)20-24-25-21(23)26(20)18-9-5-7-14-6-3-4-8-16(14)18/h3-11,27H,2H2,1H3,(H2,23,25). The molecular weight excluding hydrogens is 338 g/mol. The van der Waals surface area contributed by atoms with Gasteiger partial charge in [-0.2, -0.15) is 5.26 Å². The Bertz CT molecular complexity index is 1200. The second-order valence-electron chi connectivity index (χ2n) is 6.21. The predicted molar refractivity (Wildman–Crippen MR) is 104 cm³/mol. The van der Waals surface area contributed by atoms with Crippen LogP contribution < -0.4 is 5.73 Å². The molecule has 4 aromatic rings. The van der Waals surface area contributed by atoms with Gasteiger partial charge < -0.3 is 10.8 Å². The fourth-order valence-electron chi connectivity index (χ4n) is 3.32. The summed E-state index contributed by atoms with van der Waals surface area (Å²) >= 11 is 0. The van der Waals surface area contributed by atoms with Gasteiger partial charge in [-0.25, -0.2) is 0 Å². The molecule has 1 heterocycles. The van der Waals surface area contributed by atoms with Gasteiger partial charge in [0.15, 0.2) is 5.82 Å². The molecule has 0 spiro atoms. The van der Waals surface area contributed by atoms with Gasteiger partial charge in [0.2, 0.25) is 5.95 Å². The highest BCUT2D eigenvalue weighted by Gasteiger charge is 2.19. The summed E-state index contributed by atoms with van der Waals surface area (Å²) in [6, 6.07) is 19.2. The highest BCUT2D eigenvalue weighted by atomic mass is 16.3. The number of phenols is 1. The number of fused-ring (bicyclic) bond motifs is 1. The lowest BCUT2D eigenvalue weighted by Crippen LogP contribution is -2.04. The topological polar surface area (TPSA) is 101 Å². The number of nitrogens with two attached hydrogens (primary N) is 1. The van der Waals surface area contributed by atoms with E-state index >= 15 is 0 Å². The number of anilines is 1. The van der Waals surface area contributed by atoms with Crippen molar-refractivity contribution in [3.8, 4) is 28.9 Å². The number of nitrogens with zero attached hydrogens (tertiary/aromatic N) is 4. The molecule has 4 rings (SSSR count). The Morgan fingerprint density at radius 3 is 2.67 bits per heavy atom. The Hall–Kier alpha value is -3.85. The summed E-state index contributed by atoms with van der Waals surface area (Å²) in [5.74, 6) is 0.626. The van der Waals surface area contributed by atoms with Crippen molar-refractivity contribution in [1.29, 1.82) is 5.26 Å². The van der Waals surface area contributed by atoms with Gasteiger partial charge in [-0.1, -0.05) is 43.3 Å². The molecular formula is C21H17N5O. The Morgan fingerprint density at radius 2 is 1.89 bits per heavy atom. The van der Waals surface area contributed by atoms with Crippen LogP contribution in [0.1, 0.15) is 18.1 Å². The number of benzene rings is 3. The molecule has 6 heteroatoms. The highest BCUT2D eigenvalue weighted by Crippen LogP contribution is 2.35. The Balaban J connectivity index is 2.00. The van der Waals surface area contributed by atoms with Crippen molar-refractivity contribution in [2.24, 2.45) is 0 Å². The summed E-state index contributed by atoms with van der Waals surface area (Å²) < 4.78 is 1.73. The quantitative estimate of drug-likeness (QED) is 0.582. The fraction of sp³-hybridized carbons (Fsp3) is 0.0952. The van der Waals surface area contributed by atoms with Gasteiger partial charge in [0.1, 0.15) is 5.75 Å². The number of nitrogen functional groups attached to an aromatic ring is 1. The molecule has 0 aliphatic heterocycles. The van der Waals surface area contributed by atoms with Gasteiger partial charge in [-0.3, -0.25) is 4.57 Å². The minimum absolute atomic E-state index is 0.0300. The molecule has 3 N–H and O–H groups in total. The van der Waals surface area contributed by atoms with Crippen molar-refractivity contribution in [2.75, 3.05) is 5.73 Å². The van der Waals surface area contributed by atoms with E-state index < -0.39 is 0 Å². The molecule has 27 heavy (non-hydrogen) atoms. The zero-order chi connectivity index (χ0) is 19.0. The first kappa shape index (κ1) is 16.6. The van der Waals surface area contributed by atoms with Crippen molar-refractivity contribution in [3.63, 3.8) is 0 Å². The maximum atomic E-state index is 10.5. The number of aromatic hydroxyl groups is 1. The van der Waals surface area contributed by atoms with E-state index in [4.69, 9.17) is 5.73 Å². The summed E-state index contributed by atoms with van der Waals surface area (Å²) in [7, 11) is 0. The van der Waals surface area contributed by atoms with Gasteiger partial charge in [0.25, 0.3) is 0 Å². The molecule has 0 saturated carbocycles. The minimum Gasteiger partial charge on any atom is -0.507 e. The van der Waals surface area contributed by atoms with Crippen LogP contribution >= 0.6 is 0 Å². The summed E-state index contributed by atoms with van der Waals surface area (Å²) in [6.07, 6.45) is 0.661. The Kier molecular flexibility index (Phi) is 3.98. The summed E-state index contributed by atoms with van der Waals surface area (Å²) in [5.41, 5.74) is 8.73. The van der Waals surface area contributed by atoms with Crippen LogP contribution in [0, 0.1) is 11.3 Å². The molecule has 0 fully saturated rings. The molecule has 0 amide bonds. The van der Waals surface area contributed by atoms with Crippen LogP contribution in [0.5, 0.6) is 5.75 Å². The number of hydrogen-bond acceptors (Lipinski definition) is 5. The second-order valence-corrected chi connectivity index (χ2v) is 6.21. The third kappa shape index (κ3) is 2.66. The predicted octanol–water partition coefficient (Wildman–Crippen LogP) is 3.81. The second kappa shape index (κ2) is 6.46. The summed E-state index contributed by atoms with van der Waals surface area (Å²) in [5, 5.41) is 30.1. The summed E-state index contributed by atoms with van der Waals surface area (Å²) in [4.78, 5) is 0. The van der Waals surface area contributed by atoms with E-state index in [0.717, 1.165) is 22.0 Å². The summed E-state index contributed by atoms with van der Waals surface area (Å²) in [6.45, 7) is 1.96. The molecule has 0 saturated heterocycles. The van der Waals surface area contributed by atoms with E-state index in [1.165, 1.54) is 6.07 Å². The first-order valence-electron chi connectivity index (χ1n) is 8.59. The van der Waals surface area contributed by atoms with Crippen LogP contribution in [0.25, 0.3) is 27.8 Å². The molecule has 0 bridgehead atoms. The lowest BCUT2D eigenvalue weighted by atomic mass is 10.0.